The standard InChI is InChI=1S/C13H19ClN2OS/c1-9(6-7-18-3)16(2)13(17)10-4-5-11(14)12(15)8-10/h4-5,8-9H,6-7,15H2,1-3H3. The zero-order valence-corrected chi connectivity index (χ0v) is 12.5. The lowest BCUT2D eigenvalue weighted by Crippen LogP contribution is -2.35. The molecule has 0 bridgehead atoms. The molecule has 1 amide bonds. The number of anilines is 1. The van der Waals surface area contributed by atoms with Gasteiger partial charge in [0.2, 0.25) is 0 Å². The largest absolute Gasteiger partial charge is 0.398 e. The molecule has 0 aliphatic carbocycles. The van der Waals surface area contributed by atoms with Crippen LogP contribution in [0.25, 0.3) is 0 Å². The van der Waals surface area contributed by atoms with Crippen LogP contribution in [0.15, 0.2) is 18.2 Å². The minimum absolute atomic E-state index is 0.0213. The van der Waals surface area contributed by atoms with Crippen molar-refractivity contribution < 1.29 is 4.79 Å². The fourth-order valence-electron chi connectivity index (χ4n) is 1.56. The molecule has 1 rings (SSSR count). The van der Waals surface area contributed by atoms with Crippen LogP contribution in [0.5, 0.6) is 0 Å². The highest BCUT2D eigenvalue weighted by molar-refractivity contribution is 7.98. The van der Waals surface area contributed by atoms with Gasteiger partial charge in [0.15, 0.2) is 0 Å². The summed E-state index contributed by atoms with van der Waals surface area (Å²) in [6, 6.07) is 5.20. The summed E-state index contributed by atoms with van der Waals surface area (Å²) in [6.45, 7) is 2.05. The lowest BCUT2D eigenvalue weighted by atomic mass is 10.1. The Morgan fingerprint density at radius 1 is 1.56 bits per heavy atom. The monoisotopic (exact) mass is 286 g/mol. The van der Waals surface area contributed by atoms with Gasteiger partial charge in [0.1, 0.15) is 0 Å². The Balaban J connectivity index is 2.76. The van der Waals surface area contributed by atoms with E-state index in [1.54, 1.807) is 34.9 Å². The highest BCUT2D eigenvalue weighted by Crippen LogP contribution is 2.21. The van der Waals surface area contributed by atoms with Gasteiger partial charge in [-0.3, -0.25) is 4.79 Å². The molecule has 1 unspecified atom stereocenters. The maximum atomic E-state index is 12.2. The van der Waals surface area contributed by atoms with Gasteiger partial charge < -0.3 is 10.6 Å². The smallest absolute Gasteiger partial charge is 0.253 e. The molecule has 0 radical (unpaired) electrons. The molecule has 18 heavy (non-hydrogen) atoms. The summed E-state index contributed by atoms with van der Waals surface area (Å²) in [6.07, 6.45) is 3.04. The van der Waals surface area contributed by atoms with Crippen molar-refractivity contribution in [1.82, 2.24) is 4.90 Å². The van der Waals surface area contributed by atoms with Crippen LogP contribution >= 0.6 is 23.4 Å². The second-order valence-corrected chi connectivity index (χ2v) is 5.68. The minimum atomic E-state index is -0.0213. The first-order valence-corrected chi connectivity index (χ1v) is 7.55. The van der Waals surface area contributed by atoms with E-state index in [4.69, 9.17) is 17.3 Å². The zero-order valence-electron chi connectivity index (χ0n) is 10.9. The van der Waals surface area contributed by atoms with E-state index in [9.17, 15) is 4.79 Å². The SMILES string of the molecule is CSCCC(C)N(C)C(=O)c1ccc(Cl)c(N)c1. The lowest BCUT2D eigenvalue weighted by molar-refractivity contribution is 0.0741. The first-order valence-electron chi connectivity index (χ1n) is 5.78. The van der Waals surface area contributed by atoms with Crippen molar-refractivity contribution in [1.29, 1.82) is 0 Å². The topological polar surface area (TPSA) is 46.3 Å². The van der Waals surface area contributed by atoms with Crippen molar-refractivity contribution in [2.24, 2.45) is 0 Å². The van der Waals surface area contributed by atoms with E-state index in [0.29, 0.717) is 16.3 Å². The third kappa shape index (κ3) is 3.82. The van der Waals surface area contributed by atoms with Gasteiger partial charge in [-0.15, -0.1) is 0 Å². The van der Waals surface area contributed by atoms with Crippen LogP contribution in [0, 0.1) is 0 Å². The molecule has 5 heteroatoms. The number of carbonyl (C=O) groups excluding carboxylic acids is 1. The fourth-order valence-corrected chi connectivity index (χ4v) is 2.26. The van der Waals surface area contributed by atoms with Crippen molar-refractivity contribution in [2.45, 2.75) is 19.4 Å². The number of rotatable bonds is 5. The summed E-state index contributed by atoms with van der Waals surface area (Å²) in [5.41, 5.74) is 6.73. The second kappa shape index (κ2) is 6.90. The second-order valence-electron chi connectivity index (χ2n) is 4.28. The highest BCUT2D eigenvalue weighted by atomic mass is 35.5. The van der Waals surface area contributed by atoms with Crippen molar-refractivity contribution >= 4 is 35.0 Å². The van der Waals surface area contributed by atoms with E-state index in [1.807, 2.05) is 14.0 Å². The molecule has 0 aliphatic heterocycles. The molecule has 0 spiro atoms. The zero-order chi connectivity index (χ0) is 13.7. The molecular formula is C13H19ClN2OS. The Hall–Kier alpha value is -0.870. The van der Waals surface area contributed by atoms with Crippen LogP contribution in [0.1, 0.15) is 23.7 Å². The van der Waals surface area contributed by atoms with E-state index in [2.05, 4.69) is 6.26 Å². The summed E-state index contributed by atoms with van der Waals surface area (Å²) < 4.78 is 0. The molecule has 3 nitrogen and oxygen atoms in total. The van der Waals surface area contributed by atoms with Gasteiger partial charge in [-0.05, 0) is 43.6 Å². The van der Waals surface area contributed by atoms with Crippen molar-refractivity contribution in [3.05, 3.63) is 28.8 Å². The normalized spacial score (nSPS) is 12.2. The number of thioether (sulfide) groups is 1. The maximum absolute atomic E-state index is 12.2. The van der Waals surface area contributed by atoms with Gasteiger partial charge in [0, 0.05) is 18.7 Å². The number of nitrogens with zero attached hydrogens (tertiary/aromatic N) is 1. The summed E-state index contributed by atoms with van der Waals surface area (Å²) >= 11 is 7.63. The fraction of sp³-hybridized carbons (Fsp3) is 0.462. The molecule has 2 N–H and O–H groups in total. The van der Waals surface area contributed by atoms with E-state index < -0.39 is 0 Å². The predicted molar refractivity (Wildman–Crippen MR) is 80.4 cm³/mol. The summed E-state index contributed by atoms with van der Waals surface area (Å²) in [5, 5.41) is 0.477. The predicted octanol–water partition coefficient (Wildman–Crippen LogP) is 3.14. The number of amides is 1. The molecule has 0 aliphatic rings. The van der Waals surface area contributed by atoms with Gasteiger partial charge >= 0.3 is 0 Å². The number of halogens is 1. The Labute approximate surface area is 118 Å². The average Bonchev–Trinajstić information content (AvgIpc) is 2.37. The van der Waals surface area contributed by atoms with Crippen LogP contribution in [0.3, 0.4) is 0 Å². The third-order valence-electron chi connectivity index (χ3n) is 2.96. The lowest BCUT2D eigenvalue weighted by Gasteiger charge is -2.25. The number of benzene rings is 1. The van der Waals surface area contributed by atoms with Crippen LogP contribution in [0.4, 0.5) is 5.69 Å². The number of carbonyl (C=O) groups is 1. The molecule has 0 saturated heterocycles. The number of nitrogens with two attached hydrogens (primary N) is 1. The molecule has 1 aromatic carbocycles. The van der Waals surface area contributed by atoms with Gasteiger partial charge in [-0.2, -0.15) is 11.8 Å². The van der Waals surface area contributed by atoms with Crippen molar-refractivity contribution in [3.63, 3.8) is 0 Å². The van der Waals surface area contributed by atoms with E-state index in [-0.39, 0.29) is 11.9 Å². The number of hydrogen-bond acceptors (Lipinski definition) is 3. The molecule has 0 aromatic heterocycles. The first kappa shape index (κ1) is 15.2. The summed E-state index contributed by atoms with van der Waals surface area (Å²) in [7, 11) is 1.82. The molecule has 0 fully saturated rings. The molecule has 0 saturated carbocycles. The number of hydrogen-bond donors (Lipinski definition) is 1. The van der Waals surface area contributed by atoms with Crippen LogP contribution in [-0.2, 0) is 0 Å². The van der Waals surface area contributed by atoms with Crippen LogP contribution in [0.2, 0.25) is 5.02 Å². The van der Waals surface area contributed by atoms with Crippen LogP contribution in [-0.4, -0.2) is 35.9 Å². The molecule has 0 heterocycles. The summed E-state index contributed by atoms with van der Waals surface area (Å²) in [5.74, 6) is 1.02. The van der Waals surface area contributed by atoms with Gasteiger partial charge in [-0.1, -0.05) is 11.6 Å². The van der Waals surface area contributed by atoms with E-state index in [1.165, 1.54) is 0 Å². The van der Waals surface area contributed by atoms with E-state index >= 15 is 0 Å². The Morgan fingerprint density at radius 3 is 2.78 bits per heavy atom. The molecular weight excluding hydrogens is 268 g/mol. The van der Waals surface area contributed by atoms with Gasteiger partial charge in [-0.25, -0.2) is 0 Å². The Kier molecular flexibility index (Phi) is 5.82. The van der Waals surface area contributed by atoms with Crippen LogP contribution < -0.4 is 5.73 Å². The highest BCUT2D eigenvalue weighted by Gasteiger charge is 2.17. The first-order chi connectivity index (χ1) is 8.47. The third-order valence-corrected chi connectivity index (χ3v) is 3.95. The van der Waals surface area contributed by atoms with Crippen molar-refractivity contribution in [3.8, 4) is 0 Å². The number of nitrogen functional groups attached to an aromatic ring is 1. The maximum Gasteiger partial charge on any atom is 0.253 e. The van der Waals surface area contributed by atoms with E-state index in [0.717, 1.165) is 12.2 Å². The molecule has 1 aromatic rings. The van der Waals surface area contributed by atoms with Gasteiger partial charge in [0.05, 0.1) is 10.7 Å². The molecule has 1 atom stereocenters. The minimum Gasteiger partial charge on any atom is -0.398 e. The van der Waals surface area contributed by atoms with Crippen molar-refractivity contribution in [2.75, 3.05) is 24.8 Å². The Morgan fingerprint density at radius 2 is 2.22 bits per heavy atom. The quantitative estimate of drug-likeness (QED) is 0.846. The van der Waals surface area contributed by atoms with Gasteiger partial charge in [0.25, 0.3) is 5.91 Å². The molecule has 100 valence electrons. The summed E-state index contributed by atoms with van der Waals surface area (Å²) in [4.78, 5) is 14.0. The average molecular weight is 287 g/mol. The Bertz CT molecular complexity index is 425.